The molecular weight excluding hydrogens is 408 g/mol. The molecule has 164 valence electrons. The molecule has 4 amide bonds. The molecule has 8 nitrogen and oxygen atoms in total. The highest BCUT2D eigenvalue weighted by Crippen LogP contribution is 2.32. The molecule has 8 heteroatoms. The van der Waals surface area contributed by atoms with Crippen molar-refractivity contribution in [3.63, 3.8) is 0 Å². The van der Waals surface area contributed by atoms with Gasteiger partial charge in [0.25, 0.3) is 11.8 Å². The SMILES string of the molecule is O=C1CCC(N2C(=O)c3ccc(N4CCC(N5C=CC=CC=C5)CC4)cc3C2=O)C(=O)N1. The van der Waals surface area contributed by atoms with Crippen molar-refractivity contribution < 1.29 is 19.2 Å². The van der Waals surface area contributed by atoms with Gasteiger partial charge in [0.05, 0.1) is 11.1 Å². The van der Waals surface area contributed by atoms with E-state index in [1.807, 2.05) is 30.4 Å². The molecule has 5 rings (SSSR count). The van der Waals surface area contributed by atoms with E-state index in [2.05, 4.69) is 27.5 Å². The molecule has 1 aromatic carbocycles. The summed E-state index contributed by atoms with van der Waals surface area (Å²) in [6, 6.07) is 4.78. The van der Waals surface area contributed by atoms with Gasteiger partial charge >= 0.3 is 0 Å². The van der Waals surface area contributed by atoms with Gasteiger partial charge in [0, 0.05) is 43.6 Å². The Kier molecular flexibility index (Phi) is 5.13. The molecule has 0 aliphatic carbocycles. The number of piperidine rings is 2. The van der Waals surface area contributed by atoms with Crippen molar-refractivity contribution in [2.45, 2.75) is 37.8 Å². The number of rotatable bonds is 3. The fourth-order valence-corrected chi connectivity index (χ4v) is 4.80. The maximum Gasteiger partial charge on any atom is 0.262 e. The van der Waals surface area contributed by atoms with Crippen LogP contribution in [0.4, 0.5) is 5.69 Å². The van der Waals surface area contributed by atoms with Crippen LogP contribution in [0.25, 0.3) is 0 Å². The van der Waals surface area contributed by atoms with Gasteiger partial charge in [-0.25, -0.2) is 0 Å². The predicted molar refractivity (Wildman–Crippen MR) is 118 cm³/mol. The van der Waals surface area contributed by atoms with Gasteiger partial charge in [-0.15, -0.1) is 0 Å². The zero-order chi connectivity index (χ0) is 22.2. The van der Waals surface area contributed by atoms with Crippen LogP contribution < -0.4 is 10.2 Å². The van der Waals surface area contributed by atoms with Crippen LogP contribution >= 0.6 is 0 Å². The Labute approximate surface area is 185 Å². The van der Waals surface area contributed by atoms with E-state index in [0.717, 1.165) is 36.5 Å². The van der Waals surface area contributed by atoms with E-state index in [1.54, 1.807) is 12.1 Å². The fourth-order valence-electron chi connectivity index (χ4n) is 4.80. The number of amides is 4. The number of hydrogen-bond acceptors (Lipinski definition) is 6. The summed E-state index contributed by atoms with van der Waals surface area (Å²) in [5.41, 5.74) is 1.53. The normalized spacial score (nSPS) is 23.6. The quantitative estimate of drug-likeness (QED) is 0.735. The fraction of sp³-hybridized carbons (Fsp3) is 0.333. The van der Waals surface area contributed by atoms with Crippen molar-refractivity contribution in [1.82, 2.24) is 15.1 Å². The first kappa shape index (κ1) is 20.2. The smallest absolute Gasteiger partial charge is 0.262 e. The number of nitrogens with zero attached hydrogens (tertiary/aromatic N) is 3. The van der Waals surface area contributed by atoms with Crippen LogP contribution in [-0.4, -0.2) is 58.6 Å². The minimum Gasteiger partial charge on any atom is -0.371 e. The number of allylic oxidation sites excluding steroid dienone is 4. The first-order valence-electron chi connectivity index (χ1n) is 10.9. The highest BCUT2D eigenvalue weighted by molar-refractivity contribution is 6.23. The van der Waals surface area contributed by atoms with E-state index in [9.17, 15) is 19.2 Å². The molecule has 0 radical (unpaired) electrons. The lowest BCUT2D eigenvalue weighted by molar-refractivity contribution is -0.136. The lowest BCUT2D eigenvalue weighted by atomic mass is 10.0. The summed E-state index contributed by atoms with van der Waals surface area (Å²) in [5.74, 6) is -1.91. The van der Waals surface area contributed by atoms with Crippen LogP contribution in [0.5, 0.6) is 0 Å². The predicted octanol–water partition coefficient (Wildman–Crippen LogP) is 1.96. The number of carbonyl (C=O) groups excluding carboxylic acids is 4. The van der Waals surface area contributed by atoms with E-state index >= 15 is 0 Å². The van der Waals surface area contributed by atoms with Gasteiger partial charge in [-0.3, -0.25) is 29.4 Å². The molecule has 32 heavy (non-hydrogen) atoms. The van der Waals surface area contributed by atoms with Crippen molar-refractivity contribution in [3.05, 3.63) is 66.0 Å². The van der Waals surface area contributed by atoms with Gasteiger partial charge in [0.1, 0.15) is 6.04 Å². The summed E-state index contributed by atoms with van der Waals surface area (Å²) in [6.45, 7) is 1.68. The third kappa shape index (κ3) is 3.51. The highest BCUT2D eigenvalue weighted by atomic mass is 16.2. The summed E-state index contributed by atoms with van der Waals surface area (Å²) in [6.07, 6.45) is 14.5. The standard InChI is InChI=1S/C24H24N4O4/c29-21-8-7-20(22(30)25-21)28-23(31)18-6-5-17(15-19(18)24(28)32)27-13-9-16(10-14-27)26-11-3-1-2-4-12-26/h1-6,11-12,15-16,20H,7-10,13-14H2,(H,25,29,30). The Bertz CT molecular complexity index is 1070. The van der Waals surface area contributed by atoms with Crippen LogP contribution in [0, 0.1) is 0 Å². The Hall–Kier alpha value is -3.68. The minimum absolute atomic E-state index is 0.113. The third-order valence-electron chi connectivity index (χ3n) is 6.52. The third-order valence-corrected chi connectivity index (χ3v) is 6.52. The molecule has 4 aliphatic rings. The van der Waals surface area contributed by atoms with Gasteiger partial charge < -0.3 is 9.80 Å². The molecule has 2 saturated heterocycles. The molecule has 1 atom stereocenters. The molecule has 0 saturated carbocycles. The lowest BCUT2D eigenvalue weighted by Crippen LogP contribution is -2.54. The van der Waals surface area contributed by atoms with Crippen LogP contribution in [0.1, 0.15) is 46.4 Å². The molecule has 2 fully saturated rings. The van der Waals surface area contributed by atoms with Crippen LogP contribution in [0.2, 0.25) is 0 Å². The van der Waals surface area contributed by atoms with Crippen molar-refractivity contribution >= 4 is 29.3 Å². The molecule has 1 N–H and O–H groups in total. The Morgan fingerprint density at radius 3 is 2.19 bits per heavy atom. The Morgan fingerprint density at radius 2 is 1.50 bits per heavy atom. The maximum atomic E-state index is 13.1. The molecule has 4 aliphatic heterocycles. The van der Waals surface area contributed by atoms with E-state index in [0.29, 0.717) is 17.2 Å². The summed E-state index contributed by atoms with van der Waals surface area (Å²) in [7, 11) is 0. The highest BCUT2D eigenvalue weighted by Gasteiger charge is 2.44. The summed E-state index contributed by atoms with van der Waals surface area (Å²) in [5, 5.41) is 2.22. The van der Waals surface area contributed by atoms with Crippen molar-refractivity contribution in [2.75, 3.05) is 18.0 Å². The second-order valence-electron chi connectivity index (χ2n) is 8.41. The number of imide groups is 2. The Balaban J connectivity index is 1.30. The number of benzene rings is 1. The second kappa shape index (κ2) is 8.11. The molecule has 1 unspecified atom stereocenters. The number of carbonyl (C=O) groups is 4. The largest absolute Gasteiger partial charge is 0.371 e. The number of anilines is 1. The zero-order valence-corrected chi connectivity index (χ0v) is 17.6. The van der Waals surface area contributed by atoms with Gasteiger partial charge in [0.15, 0.2) is 0 Å². The molecule has 4 heterocycles. The number of nitrogens with one attached hydrogen (secondary N) is 1. The minimum atomic E-state index is -0.941. The summed E-state index contributed by atoms with van der Waals surface area (Å²) >= 11 is 0. The average Bonchev–Trinajstić information content (AvgIpc) is 2.98. The molecule has 0 spiro atoms. The van der Waals surface area contributed by atoms with Crippen molar-refractivity contribution in [3.8, 4) is 0 Å². The first-order valence-corrected chi connectivity index (χ1v) is 10.9. The zero-order valence-electron chi connectivity index (χ0n) is 17.6. The summed E-state index contributed by atoms with van der Waals surface area (Å²) < 4.78 is 0. The summed E-state index contributed by atoms with van der Waals surface area (Å²) in [4.78, 5) is 55.1. The van der Waals surface area contributed by atoms with Crippen LogP contribution in [0.3, 0.4) is 0 Å². The molecule has 0 bridgehead atoms. The number of fused-ring (bicyclic) bond motifs is 1. The Morgan fingerprint density at radius 1 is 0.812 bits per heavy atom. The van der Waals surface area contributed by atoms with Gasteiger partial charge in [-0.1, -0.05) is 12.2 Å². The monoisotopic (exact) mass is 432 g/mol. The molecule has 1 aromatic rings. The van der Waals surface area contributed by atoms with Crippen LogP contribution in [-0.2, 0) is 9.59 Å². The second-order valence-corrected chi connectivity index (χ2v) is 8.41. The van der Waals surface area contributed by atoms with Crippen molar-refractivity contribution in [1.29, 1.82) is 0 Å². The van der Waals surface area contributed by atoms with E-state index in [4.69, 9.17) is 0 Å². The van der Waals surface area contributed by atoms with Crippen molar-refractivity contribution in [2.24, 2.45) is 0 Å². The number of hydrogen-bond donors (Lipinski definition) is 1. The van der Waals surface area contributed by atoms with Gasteiger partial charge in [0.2, 0.25) is 11.8 Å². The van der Waals surface area contributed by atoms with Gasteiger partial charge in [-0.05, 0) is 49.6 Å². The van der Waals surface area contributed by atoms with Gasteiger partial charge in [-0.2, -0.15) is 0 Å². The first-order chi connectivity index (χ1) is 15.5. The van der Waals surface area contributed by atoms with Crippen LogP contribution in [0.15, 0.2) is 54.9 Å². The molecule has 0 aromatic heterocycles. The topological polar surface area (TPSA) is 90.0 Å². The van der Waals surface area contributed by atoms with E-state index in [-0.39, 0.29) is 18.7 Å². The lowest BCUT2D eigenvalue weighted by Gasteiger charge is -2.37. The maximum absolute atomic E-state index is 13.1. The average molecular weight is 432 g/mol. The van der Waals surface area contributed by atoms with E-state index in [1.165, 1.54) is 0 Å². The van der Waals surface area contributed by atoms with E-state index < -0.39 is 23.8 Å². The molecular formula is C24H24N4O4.